The molecule has 0 radical (unpaired) electrons. The first-order valence-corrected chi connectivity index (χ1v) is 4.03. The average molecular weight is 352 g/mol. The molecule has 0 spiro atoms. The Morgan fingerprint density at radius 3 is 1.18 bits per heavy atom. The molecule has 10 nitrogen and oxygen atoms in total. The van der Waals surface area contributed by atoms with Gasteiger partial charge in [0.15, 0.2) is 0 Å². The fraction of sp³-hybridized carbons (Fsp3) is 1.00. The molecule has 11 heteroatoms. The summed E-state index contributed by atoms with van der Waals surface area (Å²) < 4.78 is 0. The third kappa shape index (κ3) is 12.0. The molecule has 0 saturated heterocycles. The summed E-state index contributed by atoms with van der Waals surface area (Å²) in [4.78, 5) is 8.25. The van der Waals surface area contributed by atoms with Crippen LogP contribution in [-0.2, 0) is 22.4 Å². The molecule has 17 heavy (non-hydrogen) atoms. The Labute approximate surface area is 111 Å². The smallest absolute Gasteiger partial charge is 0.394 e. The van der Waals surface area contributed by atoms with Crippen molar-refractivity contribution in [3.8, 4) is 0 Å². The minimum Gasteiger partial charge on any atom is -0.394 e. The molecule has 0 rings (SSSR count). The van der Waals surface area contributed by atoms with Gasteiger partial charge in [-0.15, -0.1) is 0 Å². The Kier molecular flexibility index (Phi) is 15.7. The van der Waals surface area contributed by atoms with Crippen molar-refractivity contribution < 1.29 is 58.1 Å². The van der Waals surface area contributed by atoms with Crippen LogP contribution in [0.2, 0.25) is 0 Å². The van der Waals surface area contributed by atoms with E-state index in [0.717, 1.165) is 0 Å². The summed E-state index contributed by atoms with van der Waals surface area (Å²) in [5.74, 6) is 0. The van der Waals surface area contributed by atoms with Crippen molar-refractivity contribution >= 4 is 0 Å². The van der Waals surface area contributed by atoms with Crippen molar-refractivity contribution in [3.63, 3.8) is 0 Å². The van der Waals surface area contributed by atoms with Crippen LogP contribution in [0.15, 0.2) is 0 Å². The molecule has 0 aromatic heterocycles. The zero-order valence-corrected chi connectivity index (χ0v) is 9.86. The van der Waals surface area contributed by atoms with Gasteiger partial charge in [0.1, 0.15) is 24.4 Å². The van der Waals surface area contributed by atoms with E-state index in [9.17, 15) is 0 Å². The fourth-order valence-electron chi connectivity index (χ4n) is 0.671. The summed E-state index contributed by atoms with van der Waals surface area (Å²) in [7, 11) is 0. The van der Waals surface area contributed by atoms with Gasteiger partial charge in [0.2, 0.25) is 0 Å². The SMILES string of the molecule is O=[N+]([O-])[O-].OCC(O)C(O)C(O)C(O)CO.[Ag+]. The molecule has 0 aromatic rings. The summed E-state index contributed by atoms with van der Waals surface area (Å²) in [5, 5.41) is 66.9. The average Bonchev–Trinajstić information content (AvgIpc) is 2.24. The molecule has 0 bridgehead atoms. The maximum absolute atomic E-state index is 8.96. The van der Waals surface area contributed by atoms with Crippen molar-refractivity contribution in [1.82, 2.24) is 0 Å². The van der Waals surface area contributed by atoms with Crippen LogP contribution in [0.25, 0.3) is 0 Å². The molecule has 4 unspecified atom stereocenters. The largest absolute Gasteiger partial charge is 1.00 e. The predicted molar refractivity (Wildman–Crippen MR) is 48.6 cm³/mol. The van der Waals surface area contributed by atoms with E-state index >= 15 is 0 Å². The van der Waals surface area contributed by atoms with E-state index in [2.05, 4.69) is 0 Å². The van der Waals surface area contributed by atoms with Crippen LogP contribution in [0, 0.1) is 15.3 Å². The van der Waals surface area contributed by atoms with Crippen LogP contribution in [-0.4, -0.2) is 73.4 Å². The first-order chi connectivity index (χ1) is 7.27. The van der Waals surface area contributed by atoms with E-state index in [0.29, 0.717) is 0 Å². The van der Waals surface area contributed by atoms with Crippen LogP contribution >= 0.6 is 0 Å². The van der Waals surface area contributed by atoms with E-state index in [1.165, 1.54) is 0 Å². The van der Waals surface area contributed by atoms with Gasteiger partial charge < -0.3 is 46.0 Å². The minimum absolute atomic E-state index is 0. The molecule has 0 amide bonds. The van der Waals surface area contributed by atoms with E-state index in [1.807, 2.05) is 0 Å². The quantitative estimate of drug-likeness (QED) is 0.164. The number of aliphatic hydroxyl groups is 6. The number of aliphatic hydroxyl groups excluding tert-OH is 6. The number of rotatable bonds is 5. The molecule has 0 aliphatic rings. The van der Waals surface area contributed by atoms with Crippen LogP contribution in [0.3, 0.4) is 0 Å². The Bertz CT molecular complexity index is 176. The molecule has 0 saturated carbocycles. The Balaban J connectivity index is -0.000000340. The van der Waals surface area contributed by atoms with Crippen LogP contribution in [0.5, 0.6) is 0 Å². The zero-order chi connectivity index (χ0) is 13.3. The molecule has 0 aromatic carbocycles. The molecule has 0 fully saturated rings. The fourth-order valence-corrected chi connectivity index (χ4v) is 0.671. The molecule has 0 aliphatic carbocycles. The van der Waals surface area contributed by atoms with Gasteiger partial charge in [-0.1, -0.05) is 0 Å². The van der Waals surface area contributed by atoms with E-state index in [-0.39, 0.29) is 22.4 Å². The van der Waals surface area contributed by atoms with E-state index in [1.54, 1.807) is 0 Å². The van der Waals surface area contributed by atoms with Crippen molar-refractivity contribution in [2.75, 3.05) is 13.2 Å². The molecule has 0 aliphatic heterocycles. The molecule has 4 atom stereocenters. The third-order valence-electron chi connectivity index (χ3n) is 1.51. The molecule has 108 valence electrons. The summed E-state index contributed by atoms with van der Waals surface area (Å²) >= 11 is 0. The monoisotopic (exact) mass is 351 g/mol. The zero-order valence-electron chi connectivity index (χ0n) is 8.38. The summed E-state index contributed by atoms with van der Waals surface area (Å²) in [5.41, 5.74) is 0. The number of hydrogen-bond donors (Lipinski definition) is 6. The Hall–Kier alpha value is -0.300. The maximum Gasteiger partial charge on any atom is 1.00 e. The van der Waals surface area contributed by atoms with Crippen LogP contribution in [0.4, 0.5) is 0 Å². The minimum atomic E-state index is -1.75. The van der Waals surface area contributed by atoms with Gasteiger partial charge in [0.05, 0.1) is 18.3 Å². The van der Waals surface area contributed by atoms with Gasteiger partial charge in [-0.25, -0.2) is 0 Å². The van der Waals surface area contributed by atoms with E-state index < -0.39 is 42.7 Å². The van der Waals surface area contributed by atoms with E-state index in [4.69, 9.17) is 46.0 Å². The van der Waals surface area contributed by atoms with Crippen LogP contribution < -0.4 is 0 Å². The third-order valence-corrected chi connectivity index (χ3v) is 1.51. The van der Waals surface area contributed by atoms with Crippen molar-refractivity contribution in [3.05, 3.63) is 15.3 Å². The summed E-state index contributed by atoms with van der Waals surface area (Å²) in [6.07, 6.45) is -6.39. The normalized spacial score (nSPS) is 16.6. The standard InChI is InChI=1S/C6H14O6.Ag.NO3/c7-1-3(9)5(11)6(12)4(10)2-8;;2-1(3)4/h3-12H,1-2H2;;/q;+1;-1. The van der Waals surface area contributed by atoms with Gasteiger partial charge in [0, 0.05) is 0 Å². The first-order valence-electron chi connectivity index (χ1n) is 4.03. The molecule has 0 heterocycles. The van der Waals surface area contributed by atoms with Gasteiger partial charge in [-0.2, -0.15) is 0 Å². The second-order valence-electron chi connectivity index (χ2n) is 2.70. The molecule has 6 N–H and O–H groups in total. The molecular formula is C6H14AgNO9. The first kappa shape index (κ1) is 21.9. The summed E-state index contributed by atoms with van der Waals surface area (Å²) in [6.45, 7) is -1.45. The number of hydrogen-bond acceptors (Lipinski definition) is 9. The van der Waals surface area contributed by atoms with Gasteiger partial charge >= 0.3 is 22.4 Å². The molecular weight excluding hydrogens is 338 g/mol. The van der Waals surface area contributed by atoms with Gasteiger partial charge in [0.25, 0.3) is 0 Å². The maximum atomic E-state index is 8.96. The topological polar surface area (TPSA) is 188 Å². The van der Waals surface area contributed by atoms with Gasteiger partial charge in [-0.3, -0.25) is 0 Å². The number of nitrogens with zero attached hydrogens (tertiary/aromatic N) is 1. The van der Waals surface area contributed by atoms with Crippen molar-refractivity contribution in [1.29, 1.82) is 0 Å². The van der Waals surface area contributed by atoms with Crippen molar-refractivity contribution in [2.24, 2.45) is 0 Å². The van der Waals surface area contributed by atoms with Gasteiger partial charge in [-0.05, 0) is 0 Å². The summed E-state index contributed by atoms with van der Waals surface area (Å²) in [6, 6.07) is 0. The Morgan fingerprint density at radius 2 is 1.06 bits per heavy atom. The second kappa shape index (κ2) is 12.2. The second-order valence-corrected chi connectivity index (χ2v) is 2.70. The van der Waals surface area contributed by atoms with Crippen molar-refractivity contribution in [2.45, 2.75) is 24.4 Å². The Morgan fingerprint density at radius 1 is 0.882 bits per heavy atom. The predicted octanol–water partition coefficient (Wildman–Crippen LogP) is -3.83. The van der Waals surface area contributed by atoms with Crippen LogP contribution in [0.1, 0.15) is 0 Å².